The van der Waals surface area contributed by atoms with Gasteiger partial charge in [-0.25, -0.2) is 56.3 Å². The van der Waals surface area contributed by atoms with Crippen molar-refractivity contribution in [1.82, 2.24) is 58.6 Å². The number of sulfone groups is 2. The van der Waals surface area contributed by atoms with Gasteiger partial charge in [0.05, 0.1) is 40.5 Å². The molecule has 0 saturated carbocycles. The van der Waals surface area contributed by atoms with Crippen LogP contribution < -0.4 is 20.5 Å². The first-order valence-corrected chi connectivity index (χ1v) is 35.8. The topological polar surface area (TPSA) is 274 Å². The lowest BCUT2D eigenvalue weighted by atomic mass is 10.1. The molecule has 2 bridgehead atoms. The quantitative estimate of drug-likeness (QED) is 0.0779. The van der Waals surface area contributed by atoms with E-state index >= 15 is 0 Å². The Hall–Kier alpha value is -5.34. The van der Waals surface area contributed by atoms with Gasteiger partial charge < -0.3 is 39.8 Å². The molecule has 5 saturated heterocycles. The molecule has 5 aliphatic heterocycles. The highest BCUT2D eigenvalue weighted by atomic mass is 35.5. The second-order valence-electron chi connectivity index (χ2n) is 24.5. The summed E-state index contributed by atoms with van der Waals surface area (Å²) >= 11 is 5.94. The number of hydrogen-bond acceptors (Lipinski definition) is 22. The van der Waals surface area contributed by atoms with Gasteiger partial charge >= 0.3 is 12.2 Å². The van der Waals surface area contributed by atoms with Crippen molar-refractivity contribution in [2.24, 2.45) is 17.8 Å². The molecule has 4 aromatic heterocycles. The highest BCUT2D eigenvalue weighted by Crippen LogP contribution is 2.50. The Labute approximate surface area is 537 Å². The van der Waals surface area contributed by atoms with Crippen LogP contribution in [0.3, 0.4) is 0 Å². The maximum Gasteiger partial charge on any atom is 0.410 e. The van der Waals surface area contributed by atoms with Gasteiger partial charge in [-0.05, 0) is 97.4 Å². The average Bonchev–Trinajstić information content (AvgIpc) is 3.28. The van der Waals surface area contributed by atoms with Crippen molar-refractivity contribution in [2.45, 2.75) is 165 Å². The van der Waals surface area contributed by atoms with Crippen molar-refractivity contribution >= 4 is 69.0 Å². The van der Waals surface area contributed by atoms with Crippen molar-refractivity contribution < 1.29 is 45.4 Å². The summed E-state index contributed by atoms with van der Waals surface area (Å²) in [6, 6.07) is 6.06. The number of fused-ring (bicyclic) bond motifs is 6. The number of piperidine rings is 2. The van der Waals surface area contributed by atoms with Crippen LogP contribution in [0.5, 0.6) is 11.8 Å². The molecule has 3 N–H and O–H groups in total. The number of carbonyl (C=O) groups is 2. The number of carbonyl (C=O) groups excluding carboxylic acids is 2. The Bertz CT molecular complexity index is 3060. The molecule has 0 spiro atoms. The molecule has 9 rings (SSSR count). The molecule has 28 heteroatoms. The Kier molecular flexibility index (Phi) is 30.3. The zero-order valence-corrected chi connectivity index (χ0v) is 58.0. The van der Waals surface area contributed by atoms with E-state index in [2.05, 4.69) is 95.7 Å². The number of rotatable bonds is 16. The van der Waals surface area contributed by atoms with E-state index in [1.54, 1.807) is 35.8 Å². The molecule has 4 aromatic rings. The summed E-state index contributed by atoms with van der Waals surface area (Å²) in [5.74, 6) is 3.75. The van der Waals surface area contributed by atoms with Crippen LogP contribution in [0.2, 0.25) is 5.15 Å². The Morgan fingerprint density at radius 2 is 0.978 bits per heavy atom. The Balaban J connectivity index is 0.000000265. The number of likely N-dealkylation sites (tertiary alicyclic amines) is 2. The van der Waals surface area contributed by atoms with Crippen LogP contribution in [0.1, 0.15) is 125 Å². The first kappa shape index (κ1) is 76.1. The molecule has 9 heterocycles. The lowest BCUT2D eigenvalue weighted by molar-refractivity contribution is 0.0496. The van der Waals surface area contributed by atoms with Gasteiger partial charge in [0.2, 0.25) is 11.8 Å². The molecule has 0 atom stereocenters. The predicted molar refractivity (Wildman–Crippen MR) is 353 cm³/mol. The largest absolute Gasteiger partial charge is 0.474 e. The van der Waals surface area contributed by atoms with Gasteiger partial charge in [-0.3, -0.25) is 18.9 Å². The van der Waals surface area contributed by atoms with Crippen molar-refractivity contribution in [1.29, 1.82) is 0 Å². The van der Waals surface area contributed by atoms with Crippen LogP contribution in [0.4, 0.5) is 26.8 Å². The van der Waals surface area contributed by atoms with E-state index in [0.717, 1.165) is 54.2 Å². The average molecular weight is 1320 g/mol. The fourth-order valence-corrected chi connectivity index (χ4v) is 14.5. The van der Waals surface area contributed by atoms with Crippen LogP contribution in [-0.4, -0.2) is 210 Å². The number of aryl methyl sites for hydroxylation is 2. The van der Waals surface area contributed by atoms with E-state index in [9.17, 15) is 26.4 Å². The lowest BCUT2D eigenvalue weighted by Gasteiger charge is -2.51. The fraction of sp³-hybridized carbons (Fsp3) is 0.672. The summed E-state index contributed by atoms with van der Waals surface area (Å²) in [4.78, 5) is 54.5. The number of anilines is 3. The molecule has 5 aliphatic rings. The minimum Gasteiger partial charge on any atom is -0.474 e. The predicted octanol–water partition coefficient (Wildman–Crippen LogP) is 10.3. The van der Waals surface area contributed by atoms with Crippen molar-refractivity contribution in [3.8, 4) is 11.8 Å². The van der Waals surface area contributed by atoms with E-state index in [4.69, 9.17) is 36.3 Å². The summed E-state index contributed by atoms with van der Waals surface area (Å²) in [6.07, 6.45) is 7.03. The molecule has 0 radical (unpaired) electrons. The maximum absolute atomic E-state index is 12.0. The molecule has 2 amide bonds. The summed E-state index contributed by atoms with van der Waals surface area (Å²) in [5, 5.41) is 3.66. The summed E-state index contributed by atoms with van der Waals surface area (Å²) in [7, 11) is -6.88. The standard InChI is InChI=1S/C21H29N5O5S.C18H39N4P.C14H20ClN3O3.C7H10N2O2S.CH4/c1-13(2)30-21(27)26-10-8-16(9-11-26)31-20-14(3)19(22-12-23-20)25-17-6-7-18(24-15(17)4)32(5,28)29;1-16(2)13-20-10-7-19-8-11-21(14-17(3)4)23(20)22(12-9-19)15-18(5)6;1-9(2)20-14(19)18-6-4-11(5-7-18)21-13-10(3)12(15)16-8-17-13;1-5-6(8)3-4-7(9-5)12(2,10)11;/h6-7,12-13,16H,8-11H2,1-5H3,(H,22,23,25);16-18H,7-15H2,1-6H3;8-9,11H,4-7H2,1-3H3;3-4H,8H2,1-2H3;1H4. The van der Waals surface area contributed by atoms with E-state index in [-0.39, 0.29) is 62.5 Å². The van der Waals surface area contributed by atoms with Crippen LogP contribution in [-0.2, 0) is 29.1 Å². The Morgan fingerprint density at radius 3 is 1.36 bits per heavy atom. The maximum atomic E-state index is 12.0. The zero-order chi connectivity index (χ0) is 65.2. The Morgan fingerprint density at radius 1 is 0.584 bits per heavy atom. The van der Waals surface area contributed by atoms with Crippen LogP contribution in [0.25, 0.3) is 0 Å². The summed E-state index contributed by atoms with van der Waals surface area (Å²) in [5.41, 5.74) is 9.15. The second kappa shape index (κ2) is 35.5. The third kappa shape index (κ3) is 24.7. The number of halogens is 1. The molecule has 5 fully saturated rings. The number of amides is 2. The molecular weight excluding hydrogens is 1220 g/mol. The van der Waals surface area contributed by atoms with Gasteiger partial charge in [-0.1, -0.05) is 60.6 Å². The third-order valence-electron chi connectivity index (χ3n) is 14.3. The number of nitrogen functional groups attached to an aromatic ring is 1. The third-order valence-corrected chi connectivity index (χ3v) is 19.3. The molecule has 0 aliphatic carbocycles. The van der Waals surface area contributed by atoms with Gasteiger partial charge in [-0.2, -0.15) is 0 Å². The van der Waals surface area contributed by atoms with Crippen LogP contribution in [0.15, 0.2) is 47.0 Å². The molecule has 89 heavy (non-hydrogen) atoms. The van der Waals surface area contributed by atoms with E-state index < -0.39 is 19.7 Å². The molecule has 500 valence electrons. The minimum atomic E-state index is -3.38. The van der Waals surface area contributed by atoms with Crippen LogP contribution in [0, 0.1) is 45.4 Å². The second-order valence-corrected chi connectivity index (χ2v) is 31.0. The molecular formula is C61H102ClN14O10PS2. The van der Waals surface area contributed by atoms with Gasteiger partial charge in [0.15, 0.2) is 29.7 Å². The SMILES string of the molecule is C.CC(C)CN1CCN2CCN(CC(C)C)P1N(CC(C)C)CC2.Cc1c(Cl)ncnc1OC1CCN(C(=O)OC(C)C)CC1.Cc1nc(S(C)(=O)=O)ccc1N.Cc1nc(S(C)(=O)=O)ccc1Nc1ncnc(OC2CCN(C(=O)OC(C)C)CC2)c1C. The molecule has 0 unspecified atom stereocenters. The summed E-state index contributed by atoms with van der Waals surface area (Å²) < 4.78 is 76.3. The number of ether oxygens (including phenoxy) is 4. The number of nitrogens with zero attached hydrogens (tertiary/aromatic N) is 12. The smallest absolute Gasteiger partial charge is 0.410 e. The highest BCUT2D eigenvalue weighted by Gasteiger charge is 2.37. The van der Waals surface area contributed by atoms with Crippen molar-refractivity contribution in [2.75, 3.05) is 109 Å². The molecule has 0 aromatic carbocycles. The summed E-state index contributed by atoms with van der Waals surface area (Å²) in [6.45, 7) is 42.2. The zero-order valence-electron chi connectivity index (χ0n) is 54.7. The van der Waals surface area contributed by atoms with Gasteiger partial charge in [0.1, 0.15) is 44.2 Å². The van der Waals surface area contributed by atoms with E-state index in [0.29, 0.717) is 84.5 Å². The van der Waals surface area contributed by atoms with Crippen LogP contribution >= 0.6 is 20.0 Å². The lowest BCUT2D eigenvalue weighted by Crippen LogP contribution is -2.53. The number of nitrogens with two attached hydrogens (primary N) is 1. The molecule has 24 nitrogen and oxygen atoms in total. The monoisotopic (exact) mass is 1320 g/mol. The van der Waals surface area contributed by atoms with Gasteiger partial charge in [0.25, 0.3) is 0 Å². The van der Waals surface area contributed by atoms with E-state index in [1.807, 2.05) is 41.5 Å². The fourth-order valence-electron chi connectivity index (χ4n) is 9.82. The number of hydrogen-bond donors (Lipinski definition) is 2. The van der Waals surface area contributed by atoms with Crippen molar-refractivity contribution in [3.63, 3.8) is 0 Å². The number of pyridine rings is 2. The van der Waals surface area contributed by atoms with Gasteiger partial charge in [-0.15, -0.1) is 0 Å². The number of aromatic nitrogens is 6. The highest BCUT2D eigenvalue weighted by molar-refractivity contribution is 7.90. The van der Waals surface area contributed by atoms with E-state index in [1.165, 1.54) is 83.7 Å². The normalized spacial score (nSPS) is 18.1. The number of nitrogens with one attached hydrogen (secondary N) is 1. The first-order chi connectivity index (χ1) is 41.3. The van der Waals surface area contributed by atoms with Gasteiger partial charge in [0, 0.05) is 129 Å². The first-order valence-electron chi connectivity index (χ1n) is 30.5. The van der Waals surface area contributed by atoms with Crippen molar-refractivity contribution in [3.05, 3.63) is 64.6 Å². The minimum absolute atomic E-state index is 0.